The number of alkyl halides is 3. The minimum absolute atomic E-state index is 0.0249. The third kappa shape index (κ3) is 6.57. The van der Waals surface area contributed by atoms with Gasteiger partial charge in [-0.25, -0.2) is 0 Å². The van der Waals surface area contributed by atoms with E-state index in [1.165, 1.54) is 6.07 Å². The van der Waals surface area contributed by atoms with Crippen LogP contribution in [0.4, 0.5) is 13.2 Å². The molecule has 5 nitrogen and oxygen atoms in total. The minimum atomic E-state index is -4.69. The van der Waals surface area contributed by atoms with Gasteiger partial charge >= 0.3 is 6.36 Å². The Hall–Kier alpha value is -1.45. The maximum Gasteiger partial charge on any atom is 0.573 e. The predicted octanol–water partition coefficient (Wildman–Crippen LogP) is 5.27. The molecule has 1 N–H and O–H groups in total. The van der Waals surface area contributed by atoms with Gasteiger partial charge in [0.15, 0.2) is 0 Å². The zero-order valence-electron chi connectivity index (χ0n) is 19.0. The van der Waals surface area contributed by atoms with E-state index in [9.17, 15) is 18.0 Å². The third-order valence-electron chi connectivity index (χ3n) is 7.02. The molecule has 2 atom stereocenters. The molecule has 1 heterocycles. The van der Waals surface area contributed by atoms with Crippen LogP contribution in [0.5, 0.6) is 5.75 Å². The molecule has 0 spiro atoms. The molecule has 1 amide bonds. The fraction of sp³-hybridized carbons (Fsp3) is 0.708. The van der Waals surface area contributed by atoms with E-state index in [2.05, 4.69) is 9.46 Å². The van der Waals surface area contributed by atoms with Crippen LogP contribution < -0.4 is 9.46 Å². The van der Waals surface area contributed by atoms with Crippen LogP contribution in [-0.2, 0) is 9.53 Å². The number of halogens is 3. The van der Waals surface area contributed by atoms with Gasteiger partial charge in [-0.05, 0) is 75.2 Å². The molecule has 1 unspecified atom stereocenters. The second-order valence-electron chi connectivity index (χ2n) is 9.34. The number of nitrogens with zero attached hydrogens (tertiary/aromatic N) is 1. The number of carbonyl (C=O) groups excluding carboxylic acids is 1. The van der Waals surface area contributed by atoms with E-state index >= 15 is 0 Å². The summed E-state index contributed by atoms with van der Waals surface area (Å²) >= 11 is 1.58. The molecule has 3 aliphatic rings. The Kier molecular flexibility index (Phi) is 8.12. The lowest BCUT2D eigenvalue weighted by Crippen LogP contribution is -2.57. The van der Waals surface area contributed by atoms with Gasteiger partial charge in [-0.2, -0.15) is 0 Å². The Morgan fingerprint density at radius 2 is 1.85 bits per heavy atom. The molecule has 184 valence electrons. The fourth-order valence-corrected chi connectivity index (χ4v) is 5.78. The van der Waals surface area contributed by atoms with Crippen molar-refractivity contribution in [3.63, 3.8) is 0 Å². The first kappa shape index (κ1) is 24.7. The van der Waals surface area contributed by atoms with Crippen molar-refractivity contribution in [2.45, 2.75) is 81.8 Å². The number of hydrogen-bond acceptors (Lipinski definition) is 5. The summed E-state index contributed by atoms with van der Waals surface area (Å²) in [6.07, 6.45) is 4.46. The van der Waals surface area contributed by atoms with Crippen molar-refractivity contribution in [2.75, 3.05) is 19.4 Å². The van der Waals surface area contributed by atoms with Crippen LogP contribution in [0.1, 0.15) is 62.8 Å². The molecule has 4 rings (SSSR count). The highest BCUT2D eigenvalue weighted by molar-refractivity contribution is 7.96. The number of benzene rings is 1. The molecule has 2 saturated carbocycles. The molecule has 1 saturated heterocycles. The summed E-state index contributed by atoms with van der Waals surface area (Å²) in [6, 6.07) is 6.68. The molecule has 33 heavy (non-hydrogen) atoms. The van der Waals surface area contributed by atoms with Crippen LogP contribution in [-0.4, -0.2) is 54.8 Å². The number of amides is 1. The SMILES string of the molecule is CSNC1CCCN(C(=O)C2CC2)[C@H]1CO[C@H]1CC[C@@H](c2ccccc2OC(F)(F)F)CC1. The van der Waals surface area contributed by atoms with Gasteiger partial charge in [0, 0.05) is 18.5 Å². The van der Waals surface area contributed by atoms with E-state index in [0.29, 0.717) is 12.2 Å². The van der Waals surface area contributed by atoms with E-state index in [1.54, 1.807) is 30.1 Å². The molecular weight excluding hydrogens is 453 g/mol. The normalized spacial score (nSPS) is 28.5. The van der Waals surface area contributed by atoms with Gasteiger partial charge in [-0.1, -0.05) is 30.1 Å². The lowest BCUT2D eigenvalue weighted by atomic mass is 9.82. The number of hydrogen-bond donors (Lipinski definition) is 1. The Bertz CT molecular complexity index is 795. The summed E-state index contributed by atoms with van der Waals surface area (Å²) in [5.74, 6) is 0.379. The monoisotopic (exact) mass is 486 g/mol. The lowest BCUT2D eigenvalue weighted by molar-refractivity contribution is -0.275. The third-order valence-corrected chi connectivity index (χ3v) is 7.56. The van der Waals surface area contributed by atoms with Crippen molar-refractivity contribution >= 4 is 17.9 Å². The van der Waals surface area contributed by atoms with Crippen LogP contribution in [0.25, 0.3) is 0 Å². The number of carbonyl (C=O) groups is 1. The first-order valence-corrected chi connectivity index (χ1v) is 13.1. The molecule has 3 fully saturated rings. The average Bonchev–Trinajstić information content (AvgIpc) is 3.63. The largest absolute Gasteiger partial charge is 0.573 e. The van der Waals surface area contributed by atoms with Crippen LogP contribution in [0.3, 0.4) is 0 Å². The van der Waals surface area contributed by atoms with Gasteiger partial charge in [-0.3, -0.25) is 9.52 Å². The van der Waals surface area contributed by atoms with Crippen LogP contribution in [0.2, 0.25) is 0 Å². The average molecular weight is 487 g/mol. The van der Waals surface area contributed by atoms with Crippen molar-refractivity contribution in [1.82, 2.24) is 9.62 Å². The maximum absolute atomic E-state index is 12.8. The van der Waals surface area contributed by atoms with E-state index < -0.39 is 6.36 Å². The van der Waals surface area contributed by atoms with E-state index in [-0.39, 0.29) is 41.7 Å². The smallest absolute Gasteiger partial charge is 0.405 e. The van der Waals surface area contributed by atoms with Gasteiger partial charge in [0.05, 0.1) is 18.8 Å². The van der Waals surface area contributed by atoms with Crippen molar-refractivity contribution in [2.24, 2.45) is 5.92 Å². The van der Waals surface area contributed by atoms with Gasteiger partial charge < -0.3 is 14.4 Å². The Labute approximate surface area is 197 Å². The Balaban J connectivity index is 1.33. The second-order valence-corrected chi connectivity index (χ2v) is 9.98. The zero-order valence-corrected chi connectivity index (χ0v) is 19.8. The number of para-hydroxylation sites is 1. The van der Waals surface area contributed by atoms with Crippen molar-refractivity contribution < 1.29 is 27.4 Å². The highest BCUT2D eigenvalue weighted by Gasteiger charge is 2.41. The molecule has 1 aliphatic heterocycles. The maximum atomic E-state index is 12.8. The summed E-state index contributed by atoms with van der Waals surface area (Å²) in [6.45, 7) is 1.29. The van der Waals surface area contributed by atoms with Gasteiger partial charge in [0.25, 0.3) is 0 Å². The number of rotatable bonds is 8. The van der Waals surface area contributed by atoms with E-state index in [0.717, 1.165) is 57.9 Å². The topological polar surface area (TPSA) is 50.8 Å². The van der Waals surface area contributed by atoms with E-state index in [1.807, 2.05) is 11.2 Å². The first-order chi connectivity index (χ1) is 15.9. The lowest BCUT2D eigenvalue weighted by Gasteiger charge is -2.42. The van der Waals surface area contributed by atoms with Crippen molar-refractivity contribution in [3.8, 4) is 5.75 Å². The Morgan fingerprint density at radius 3 is 2.52 bits per heavy atom. The quantitative estimate of drug-likeness (QED) is 0.508. The molecule has 0 aromatic heterocycles. The standard InChI is InChI=1S/C24H33F3N2O3S/c1-33-28-20-6-4-14-29(23(30)17-8-9-17)21(20)15-31-18-12-10-16(11-13-18)19-5-2-3-7-22(19)32-24(25,26)27/h2-3,5,7,16-18,20-21,28H,4,6,8-15H2,1H3/t16-,18+,20?,21-/m0/s1. The number of ether oxygens (including phenoxy) is 2. The predicted molar refractivity (Wildman–Crippen MR) is 122 cm³/mol. The summed E-state index contributed by atoms with van der Waals surface area (Å²) in [7, 11) is 0. The highest BCUT2D eigenvalue weighted by Crippen LogP contribution is 2.40. The second kappa shape index (κ2) is 10.9. The molecule has 0 radical (unpaired) electrons. The molecule has 0 bridgehead atoms. The van der Waals surface area contributed by atoms with Crippen molar-refractivity contribution in [3.05, 3.63) is 29.8 Å². The van der Waals surface area contributed by atoms with Crippen LogP contribution in [0.15, 0.2) is 24.3 Å². The minimum Gasteiger partial charge on any atom is -0.405 e. The first-order valence-electron chi connectivity index (χ1n) is 11.9. The molecular formula is C24H33F3N2O3S. The summed E-state index contributed by atoms with van der Waals surface area (Å²) in [4.78, 5) is 14.9. The van der Waals surface area contributed by atoms with Crippen molar-refractivity contribution in [1.29, 1.82) is 0 Å². The Morgan fingerprint density at radius 1 is 1.12 bits per heavy atom. The molecule has 2 aliphatic carbocycles. The van der Waals surface area contributed by atoms with Gasteiger partial charge in [0.1, 0.15) is 5.75 Å². The van der Waals surface area contributed by atoms with Gasteiger partial charge in [0.2, 0.25) is 5.91 Å². The van der Waals surface area contributed by atoms with Crippen LogP contribution >= 0.6 is 11.9 Å². The number of nitrogens with one attached hydrogen (secondary N) is 1. The fourth-order valence-electron chi connectivity index (χ4n) is 5.20. The van der Waals surface area contributed by atoms with Crippen LogP contribution in [0, 0.1) is 5.92 Å². The number of piperidine rings is 1. The zero-order chi connectivity index (χ0) is 23.4. The summed E-state index contributed by atoms with van der Waals surface area (Å²) in [5, 5.41) is 0. The molecule has 1 aromatic rings. The summed E-state index contributed by atoms with van der Waals surface area (Å²) < 4.78 is 52.4. The molecule has 1 aromatic carbocycles. The van der Waals surface area contributed by atoms with E-state index in [4.69, 9.17) is 4.74 Å². The van der Waals surface area contributed by atoms with Gasteiger partial charge in [-0.15, -0.1) is 13.2 Å². The molecule has 9 heteroatoms. The summed E-state index contributed by atoms with van der Waals surface area (Å²) in [5.41, 5.74) is 0.617. The highest BCUT2D eigenvalue weighted by atomic mass is 32.2. The number of likely N-dealkylation sites (tertiary alicyclic amines) is 1.